The van der Waals surface area contributed by atoms with Gasteiger partial charge in [-0.15, -0.1) is 0 Å². The molecule has 0 aromatic carbocycles. The number of carbonyl (C=O) groups is 1. The topological polar surface area (TPSA) is 93.9 Å². The SMILES string of the molecule is Cn1nc(C(F)(F)F)c(C2C(C#N)=C(N)OC3=C2C(=O)CC(C)(C)C3)c1Cl. The van der Waals surface area contributed by atoms with Crippen molar-refractivity contribution in [2.75, 3.05) is 0 Å². The van der Waals surface area contributed by atoms with Gasteiger partial charge in [0.25, 0.3) is 0 Å². The highest BCUT2D eigenvalue weighted by Gasteiger charge is 2.48. The van der Waals surface area contributed by atoms with Gasteiger partial charge in [0, 0.05) is 31.0 Å². The summed E-state index contributed by atoms with van der Waals surface area (Å²) in [6.45, 7) is 3.68. The number of rotatable bonds is 1. The Bertz CT molecular complexity index is 951. The van der Waals surface area contributed by atoms with E-state index in [1.807, 2.05) is 13.8 Å². The van der Waals surface area contributed by atoms with Gasteiger partial charge in [0.1, 0.15) is 22.6 Å². The number of aromatic nitrogens is 2. The minimum absolute atomic E-state index is 0.0134. The molecule has 27 heavy (non-hydrogen) atoms. The molecular weight excluding hydrogens is 385 g/mol. The summed E-state index contributed by atoms with van der Waals surface area (Å²) in [5.74, 6) is -1.94. The predicted octanol–water partition coefficient (Wildman–Crippen LogP) is 3.54. The quantitative estimate of drug-likeness (QED) is 0.778. The number of carbonyl (C=O) groups excluding carboxylic acids is 1. The number of nitriles is 1. The van der Waals surface area contributed by atoms with E-state index in [0.29, 0.717) is 6.42 Å². The molecule has 0 bridgehead atoms. The summed E-state index contributed by atoms with van der Waals surface area (Å²) in [5.41, 5.74) is 3.34. The van der Waals surface area contributed by atoms with Gasteiger partial charge in [0.15, 0.2) is 11.5 Å². The highest BCUT2D eigenvalue weighted by atomic mass is 35.5. The highest BCUT2D eigenvalue weighted by molar-refractivity contribution is 6.30. The molecule has 1 unspecified atom stereocenters. The van der Waals surface area contributed by atoms with Crippen molar-refractivity contribution in [3.8, 4) is 6.07 Å². The van der Waals surface area contributed by atoms with Crippen LogP contribution in [0.5, 0.6) is 0 Å². The van der Waals surface area contributed by atoms with Crippen LogP contribution in [0, 0.1) is 16.7 Å². The Morgan fingerprint density at radius 1 is 1.41 bits per heavy atom. The second-order valence-electron chi connectivity index (χ2n) is 7.38. The predicted molar refractivity (Wildman–Crippen MR) is 88.9 cm³/mol. The molecule has 2 N–H and O–H groups in total. The normalized spacial score (nSPS) is 22.4. The smallest absolute Gasteiger partial charge is 0.435 e. The van der Waals surface area contributed by atoms with E-state index < -0.39 is 34.5 Å². The third kappa shape index (κ3) is 3.08. The number of aryl methyl sites for hydroxylation is 1. The molecule has 2 heterocycles. The molecule has 0 saturated heterocycles. The van der Waals surface area contributed by atoms with Crippen molar-refractivity contribution in [2.45, 2.75) is 38.8 Å². The van der Waals surface area contributed by atoms with Crippen LogP contribution in [0.1, 0.15) is 43.9 Å². The molecule has 144 valence electrons. The molecule has 0 fully saturated rings. The van der Waals surface area contributed by atoms with E-state index in [9.17, 15) is 23.2 Å². The maximum absolute atomic E-state index is 13.6. The second-order valence-corrected chi connectivity index (χ2v) is 7.74. The van der Waals surface area contributed by atoms with E-state index in [1.165, 1.54) is 7.05 Å². The van der Waals surface area contributed by atoms with Crippen molar-refractivity contribution in [2.24, 2.45) is 18.2 Å². The number of ketones is 1. The van der Waals surface area contributed by atoms with Gasteiger partial charge in [-0.3, -0.25) is 9.48 Å². The van der Waals surface area contributed by atoms with Gasteiger partial charge < -0.3 is 10.5 Å². The lowest BCUT2D eigenvalue weighted by Crippen LogP contribution is -2.34. The zero-order chi connectivity index (χ0) is 20.3. The molecule has 2 aliphatic rings. The monoisotopic (exact) mass is 400 g/mol. The van der Waals surface area contributed by atoms with E-state index in [2.05, 4.69) is 5.10 Å². The second kappa shape index (κ2) is 6.02. The first-order valence-electron chi connectivity index (χ1n) is 8.01. The van der Waals surface area contributed by atoms with Crippen LogP contribution in [0.2, 0.25) is 5.15 Å². The Hall–Kier alpha value is -2.47. The molecule has 1 aromatic rings. The van der Waals surface area contributed by atoms with Gasteiger partial charge >= 0.3 is 6.18 Å². The average Bonchev–Trinajstić information content (AvgIpc) is 2.80. The lowest BCUT2D eigenvalue weighted by molar-refractivity contribution is -0.142. The minimum atomic E-state index is -4.83. The van der Waals surface area contributed by atoms with Crippen molar-refractivity contribution in [1.82, 2.24) is 9.78 Å². The third-order valence-electron chi connectivity index (χ3n) is 4.64. The van der Waals surface area contributed by atoms with Gasteiger partial charge in [0.05, 0.1) is 5.92 Å². The Morgan fingerprint density at radius 3 is 2.59 bits per heavy atom. The lowest BCUT2D eigenvalue weighted by atomic mass is 9.70. The van der Waals surface area contributed by atoms with E-state index >= 15 is 0 Å². The molecule has 1 aliphatic carbocycles. The number of alkyl halides is 3. The number of hydrogen-bond acceptors (Lipinski definition) is 5. The molecule has 0 spiro atoms. The fourth-order valence-electron chi connectivity index (χ4n) is 3.56. The number of nitrogens with zero attached hydrogens (tertiary/aromatic N) is 3. The number of hydrogen-bond donors (Lipinski definition) is 1. The standard InChI is InChI=1S/C17H16ClF3N4O2/c1-16(2)4-8(26)11-9(5-16)27-15(23)7(6-22)10(11)12-13(17(19,20)21)24-25(3)14(12)18/h10H,4-5,23H2,1-3H3. The largest absolute Gasteiger partial charge is 0.444 e. The van der Waals surface area contributed by atoms with Crippen LogP contribution in [0.25, 0.3) is 0 Å². The summed E-state index contributed by atoms with van der Waals surface area (Å²) in [4.78, 5) is 12.8. The van der Waals surface area contributed by atoms with E-state index in [-0.39, 0.29) is 34.4 Å². The number of ether oxygens (including phenoxy) is 1. The van der Waals surface area contributed by atoms with Crippen LogP contribution in [-0.4, -0.2) is 15.6 Å². The molecular formula is C17H16ClF3N4O2. The van der Waals surface area contributed by atoms with Gasteiger partial charge in [-0.05, 0) is 5.41 Å². The van der Waals surface area contributed by atoms with Crippen molar-refractivity contribution in [3.63, 3.8) is 0 Å². The van der Waals surface area contributed by atoms with Crippen molar-refractivity contribution in [3.05, 3.63) is 39.2 Å². The van der Waals surface area contributed by atoms with Crippen LogP contribution in [0.4, 0.5) is 13.2 Å². The van der Waals surface area contributed by atoms with Gasteiger partial charge in [-0.25, -0.2) is 0 Å². The average molecular weight is 401 g/mol. The van der Waals surface area contributed by atoms with Crippen molar-refractivity contribution >= 4 is 17.4 Å². The highest BCUT2D eigenvalue weighted by Crippen LogP contribution is 2.51. The number of allylic oxidation sites excluding steroid dienone is 3. The van der Waals surface area contributed by atoms with Crippen LogP contribution in [-0.2, 0) is 22.8 Å². The molecule has 0 radical (unpaired) electrons. The molecule has 1 aromatic heterocycles. The summed E-state index contributed by atoms with van der Waals surface area (Å²) in [6, 6.07) is 1.77. The maximum Gasteiger partial charge on any atom is 0.435 e. The van der Waals surface area contributed by atoms with E-state index in [0.717, 1.165) is 4.68 Å². The van der Waals surface area contributed by atoms with Gasteiger partial charge in [-0.2, -0.15) is 23.5 Å². The van der Waals surface area contributed by atoms with Gasteiger partial charge in [0.2, 0.25) is 5.88 Å². The van der Waals surface area contributed by atoms with Crippen molar-refractivity contribution < 1.29 is 22.7 Å². The summed E-state index contributed by atoms with van der Waals surface area (Å²) in [7, 11) is 1.25. The van der Waals surface area contributed by atoms with Crippen LogP contribution in [0.15, 0.2) is 22.8 Å². The first kappa shape index (κ1) is 19.3. The first-order valence-corrected chi connectivity index (χ1v) is 8.38. The van der Waals surface area contributed by atoms with Crippen LogP contribution < -0.4 is 5.73 Å². The molecule has 1 atom stereocenters. The molecule has 0 saturated carbocycles. The Kier molecular flexibility index (Phi) is 4.30. The number of nitrogens with two attached hydrogens (primary N) is 1. The minimum Gasteiger partial charge on any atom is -0.444 e. The molecule has 3 rings (SSSR count). The van der Waals surface area contributed by atoms with E-state index in [1.54, 1.807) is 6.07 Å². The zero-order valence-electron chi connectivity index (χ0n) is 14.7. The molecule has 10 heteroatoms. The summed E-state index contributed by atoms with van der Waals surface area (Å²) < 4.78 is 47.0. The van der Waals surface area contributed by atoms with Crippen LogP contribution >= 0.6 is 11.6 Å². The molecule has 6 nitrogen and oxygen atoms in total. The Morgan fingerprint density at radius 2 is 2.04 bits per heavy atom. The fraction of sp³-hybridized carbons (Fsp3) is 0.471. The van der Waals surface area contributed by atoms with Crippen molar-refractivity contribution in [1.29, 1.82) is 5.26 Å². The summed E-state index contributed by atoms with van der Waals surface area (Å²) in [6.07, 6.45) is -4.43. The van der Waals surface area contributed by atoms with E-state index in [4.69, 9.17) is 22.1 Å². The lowest BCUT2D eigenvalue weighted by Gasteiger charge is -2.37. The fourth-order valence-corrected chi connectivity index (χ4v) is 3.79. The summed E-state index contributed by atoms with van der Waals surface area (Å²) >= 11 is 6.11. The third-order valence-corrected chi connectivity index (χ3v) is 5.09. The zero-order valence-corrected chi connectivity index (χ0v) is 15.5. The molecule has 1 aliphatic heterocycles. The number of Topliss-reactive ketones (excluding diaryl/α,β-unsaturated/α-hetero) is 1. The first-order chi connectivity index (χ1) is 12.4. The Balaban J connectivity index is 2.33. The van der Waals surface area contributed by atoms with Gasteiger partial charge in [-0.1, -0.05) is 25.4 Å². The van der Waals surface area contributed by atoms with Crippen LogP contribution in [0.3, 0.4) is 0 Å². The molecule has 0 amide bonds. The maximum atomic E-state index is 13.6. The summed E-state index contributed by atoms with van der Waals surface area (Å²) in [5, 5.41) is 12.6. The number of halogens is 4. The Labute approximate surface area is 158 Å².